The molecule has 0 amide bonds. The molecule has 0 radical (unpaired) electrons. The molecule has 0 aromatic heterocycles. The molecule has 129 valence electrons. The molecule has 0 aliphatic rings. The first-order chi connectivity index (χ1) is 9.39. The van der Waals surface area contributed by atoms with Gasteiger partial charge in [-0.05, 0) is 0 Å². The van der Waals surface area contributed by atoms with Crippen molar-refractivity contribution in [2.45, 2.75) is 79.4 Å². The molecule has 0 spiro atoms. The molecule has 0 bridgehead atoms. The Hall–Kier alpha value is 0.0783. The van der Waals surface area contributed by atoms with Gasteiger partial charge in [0.2, 0.25) is 0 Å². The van der Waals surface area contributed by atoms with Crippen molar-refractivity contribution in [3.05, 3.63) is 28.8 Å². The number of hydrogen-bond donors (Lipinski definition) is 0. The van der Waals surface area contributed by atoms with Crippen molar-refractivity contribution in [1.29, 1.82) is 0 Å². The van der Waals surface area contributed by atoms with E-state index in [-0.39, 0.29) is 11.1 Å². The van der Waals surface area contributed by atoms with Gasteiger partial charge in [0.05, 0.1) is 0 Å². The summed E-state index contributed by atoms with van der Waals surface area (Å²) >= 11 is -0.729. The Morgan fingerprint density at radius 2 is 1.33 bits per heavy atom. The fourth-order valence-electron chi connectivity index (χ4n) is 0.594. The first-order valence-corrected chi connectivity index (χ1v) is 12.1. The monoisotopic (exact) mass is 488 g/mol. The molecule has 6 heteroatoms. The molecule has 21 heavy (non-hydrogen) atoms. The molecule has 0 unspecified atom stereocenters. The van der Waals surface area contributed by atoms with E-state index >= 15 is 0 Å². The quantitative estimate of drug-likeness (QED) is 0.426. The van der Waals surface area contributed by atoms with E-state index in [1.54, 1.807) is 19.3 Å². The van der Waals surface area contributed by atoms with Crippen molar-refractivity contribution in [3.63, 3.8) is 0 Å². The maximum Gasteiger partial charge on any atom is -0.0845 e. The number of halogens is 1. The summed E-state index contributed by atoms with van der Waals surface area (Å²) in [5, 5.41) is 8.57. The Balaban J connectivity index is -0.000000300. The standard InChI is InChI=1S/C10H20N2.C3H7N.C2H6N.ClH.W/c1-9(2,3)11-7-8-12-10(4,5)6;1-3(2)4;1-2-3;;/h7-8H,1-6H3;3H,1-2H3;3H,2H2,1H3;1H;/q-2;;-1;;+1/p-1/b8-7-;;;;. The average molecular weight is 489 g/mol. The second-order valence-electron chi connectivity index (χ2n) is 6.52. The van der Waals surface area contributed by atoms with Crippen LogP contribution in [0.4, 0.5) is 0 Å². The molecular weight excluding hydrogens is 455 g/mol. The number of rotatable bonds is 3. The van der Waals surface area contributed by atoms with Crippen LogP contribution in [0.1, 0.15) is 62.3 Å². The van der Waals surface area contributed by atoms with Crippen LogP contribution in [-0.2, 0) is 17.3 Å². The van der Waals surface area contributed by atoms with Crippen LogP contribution in [0.5, 0.6) is 0 Å². The fraction of sp³-hybridized carbons (Fsp3) is 0.867. The molecule has 0 aromatic carbocycles. The van der Waals surface area contributed by atoms with Crippen LogP contribution in [0.3, 0.4) is 0 Å². The van der Waals surface area contributed by atoms with Crippen molar-refractivity contribution in [1.82, 2.24) is 0 Å². The van der Waals surface area contributed by atoms with Crippen LogP contribution in [-0.4, -0.2) is 23.7 Å². The summed E-state index contributed by atoms with van der Waals surface area (Å²) in [7, 11) is 5.40. The molecule has 0 aliphatic carbocycles. The van der Waals surface area contributed by atoms with Crippen LogP contribution in [0.25, 0.3) is 16.4 Å². The van der Waals surface area contributed by atoms with Crippen LogP contribution in [0, 0.1) is 0 Å². The van der Waals surface area contributed by atoms with Gasteiger partial charge in [0.25, 0.3) is 0 Å². The molecule has 0 atom stereocenters. The zero-order chi connectivity index (χ0) is 17.5. The normalized spacial score (nSPS) is 11.8. The third-order valence-electron chi connectivity index (χ3n) is 1.24. The van der Waals surface area contributed by atoms with E-state index in [4.69, 9.17) is 15.2 Å². The van der Waals surface area contributed by atoms with E-state index in [2.05, 4.69) is 55.7 Å². The molecule has 0 rings (SSSR count). The van der Waals surface area contributed by atoms with E-state index in [1.165, 1.54) is 0 Å². The van der Waals surface area contributed by atoms with Gasteiger partial charge < -0.3 is 16.4 Å². The average Bonchev–Trinajstić information content (AvgIpc) is 2.24. The number of nitrogens with zero attached hydrogens (tertiary/aromatic N) is 3. The Morgan fingerprint density at radius 3 is 1.43 bits per heavy atom. The fourth-order valence-corrected chi connectivity index (χ4v) is 2.47. The van der Waals surface area contributed by atoms with Crippen molar-refractivity contribution < 1.29 is 17.3 Å². The van der Waals surface area contributed by atoms with E-state index in [1.807, 2.05) is 13.8 Å². The number of hydrogen-bond acceptors (Lipinski definition) is 1. The third kappa shape index (κ3) is 45.0. The summed E-state index contributed by atoms with van der Waals surface area (Å²) in [6.07, 6.45) is 3.54. The molecule has 0 saturated carbocycles. The van der Waals surface area contributed by atoms with Gasteiger partial charge >= 0.3 is 50.1 Å². The van der Waals surface area contributed by atoms with Crippen molar-refractivity contribution in [2.24, 2.45) is 3.50 Å². The molecule has 0 aliphatic heterocycles. The second kappa shape index (κ2) is 15.0. The van der Waals surface area contributed by atoms with Gasteiger partial charge in [-0.25, -0.2) is 12.4 Å². The predicted octanol–water partition coefficient (Wildman–Crippen LogP) is 6.68. The van der Waals surface area contributed by atoms with Gasteiger partial charge in [-0.1, -0.05) is 48.5 Å². The van der Waals surface area contributed by atoms with Gasteiger partial charge in [0.1, 0.15) is 0 Å². The minimum Gasteiger partial charge on any atom is -0.678 e. The largest absolute Gasteiger partial charge is 0.678 e. The molecule has 0 saturated heterocycles. The van der Waals surface area contributed by atoms with E-state index < -0.39 is 17.3 Å². The zero-order valence-corrected chi connectivity index (χ0v) is 18.8. The SMILES string of the molecule is CC(C)(C)[N-]/C=C\[N-]C(C)(C)C.CC(C)[N]=[W][Cl].CC[NH-]. The summed E-state index contributed by atoms with van der Waals surface area (Å²) in [5.74, 6) is 0. The van der Waals surface area contributed by atoms with Gasteiger partial charge in [-0.3, -0.25) is 0 Å². The third-order valence-corrected chi connectivity index (χ3v) is 3.69. The Bertz CT molecular complexity index is 248. The van der Waals surface area contributed by atoms with E-state index in [9.17, 15) is 0 Å². The summed E-state index contributed by atoms with van der Waals surface area (Å²) < 4.78 is 4.06. The first-order valence-electron chi connectivity index (χ1n) is 7.11. The summed E-state index contributed by atoms with van der Waals surface area (Å²) in [6, 6.07) is 0.465. The van der Waals surface area contributed by atoms with Crippen molar-refractivity contribution in [3.8, 4) is 0 Å². The molecule has 0 heterocycles. The Labute approximate surface area is 145 Å². The maximum atomic E-state index is 6.21. The van der Waals surface area contributed by atoms with Crippen LogP contribution in [0.15, 0.2) is 15.9 Å². The minimum atomic E-state index is -0.729. The van der Waals surface area contributed by atoms with Crippen LogP contribution in [0.2, 0.25) is 0 Å². The van der Waals surface area contributed by atoms with Crippen LogP contribution < -0.4 is 0 Å². The number of nitrogens with one attached hydrogen (secondary N) is 1. The van der Waals surface area contributed by atoms with Crippen LogP contribution >= 0.6 is 9.42 Å². The van der Waals surface area contributed by atoms with E-state index in [0.29, 0.717) is 12.6 Å². The molecule has 0 fully saturated rings. The van der Waals surface area contributed by atoms with Gasteiger partial charge in [0, 0.05) is 0 Å². The van der Waals surface area contributed by atoms with Gasteiger partial charge in [-0.15, -0.1) is 11.1 Å². The maximum absolute atomic E-state index is 6.21. The smallest absolute Gasteiger partial charge is 0.0845 e. The zero-order valence-electron chi connectivity index (χ0n) is 15.1. The second-order valence-corrected chi connectivity index (χ2v) is 8.90. The predicted molar refractivity (Wildman–Crippen MR) is 93.6 cm³/mol. The Morgan fingerprint density at radius 1 is 1.05 bits per heavy atom. The van der Waals surface area contributed by atoms with Gasteiger partial charge in [0.15, 0.2) is 0 Å². The summed E-state index contributed by atoms with van der Waals surface area (Å²) in [6.45, 7) is 18.8. The minimum absolute atomic E-state index is 0.00387. The van der Waals surface area contributed by atoms with Crippen molar-refractivity contribution in [2.75, 3.05) is 6.54 Å². The van der Waals surface area contributed by atoms with Gasteiger partial charge in [-0.2, -0.15) is 6.54 Å². The Kier molecular flexibility index (Phi) is 18.6. The molecular formula is C15H33ClN4W-3. The van der Waals surface area contributed by atoms with E-state index in [0.717, 1.165) is 0 Å². The molecule has 4 nitrogen and oxygen atoms in total. The summed E-state index contributed by atoms with van der Waals surface area (Å²) in [4.78, 5) is 0. The van der Waals surface area contributed by atoms with Crippen molar-refractivity contribution >= 4 is 9.42 Å². The topological polar surface area (TPSA) is 64.4 Å². The molecule has 1 N–H and O–H groups in total. The summed E-state index contributed by atoms with van der Waals surface area (Å²) in [5.41, 5.74) is 6.22. The first kappa shape index (κ1) is 26.0. The molecule has 0 aromatic rings.